The molecule has 0 saturated carbocycles. The Bertz CT molecular complexity index is 758. The minimum absolute atomic E-state index is 0.229. The zero-order valence-corrected chi connectivity index (χ0v) is 15.7. The number of aromatic nitrogens is 1. The second-order valence-corrected chi connectivity index (χ2v) is 8.23. The molecule has 0 spiro atoms. The van der Waals surface area contributed by atoms with Crippen LogP contribution >= 0.6 is 15.9 Å². The number of rotatable bonds is 1. The molecule has 0 radical (unpaired) electrons. The molecule has 1 amide bonds. The quantitative estimate of drug-likeness (QED) is 0.721. The van der Waals surface area contributed by atoms with Crippen LogP contribution in [0.5, 0.6) is 0 Å². The molecule has 1 fully saturated rings. The summed E-state index contributed by atoms with van der Waals surface area (Å²) in [6, 6.07) is 5.26. The van der Waals surface area contributed by atoms with Gasteiger partial charge in [0, 0.05) is 40.1 Å². The lowest BCUT2D eigenvalue weighted by atomic mass is 9.94. The molecule has 3 rings (SSSR count). The molecule has 130 valence electrons. The van der Waals surface area contributed by atoms with Gasteiger partial charge in [0.15, 0.2) is 0 Å². The van der Waals surface area contributed by atoms with Gasteiger partial charge in [-0.15, -0.1) is 0 Å². The van der Waals surface area contributed by atoms with Gasteiger partial charge in [0.1, 0.15) is 11.4 Å². The molecule has 0 unspecified atom stereocenters. The number of halogens is 2. The van der Waals surface area contributed by atoms with Crippen molar-refractivity contribution in [2.45, 2.75) is 45.1 Å². The number of aromatic amines is 1. The summed E-state index contributed by atoms with van der Waals surface area (Å²) >= 11 is 3.32. The van der Waals surface area contributed by atoms with Crippen molar-refractivity contribution >= 4 is 32.9 Å². The van der Waals surface area contributed by atoms with Gasteiger partial charge < -0.3 is 14.6 Å². The summed E-state index contributed by atoms with van der Waals surface area (Å²) in [4.78, 5) is 17.2. The Labute approximate surface area is 149 Å². The fourth-order valence-electron chi connectivity index (χ4n) is 3.10. The van der Waals surface area contributed by atoms with Crippen molar-refractivity contribution < 1.29 is 13.9 Å². The van der Waals surface area contributed by atoms with Crippen molar-refractivity contribution in [3.63, 3.8) is 0 Å². The maximum atomic E-state index is 14.0. The number of ether oxygens (including phenoxy) is 1. The summed E-state index contributed by atoms with van der Waals surface area (Å²) in [5.74, 6) is 0.0716. The fraction of sp³-hybridized carbons (Fsp3) is 0.500. The molecule has 0 aliphatic carbocycles. The van der Waals surface area contributed by atoms with Crippen molar-refractivity contribution in [2.75, 3.05) is 13.1 Å². The standard InChI is InChI=1S/C18H22BrFN2O2/c1-18(2,3)24-17(23)22-6-4-11(5-7-22)15-10-13-14(20)8-12(19)9-16(13)21-15/h8-11,21H,4-7H2,1-3H3. The molecule has 1 aliphatic rings. The topological polar surface area (TPSA) is 45.3 Å². The van der Waals surface area contributed by atoms with Gasteiger partial charge in [0.2, 0.25) is 0 Å². The second kappa shape index (κ2) is 6.39. The normalized spacial score (nSPS) is 16.6. The van der Waals surface area contributed by atoms with Crippen molar-refractivity contribution in [3.8, 4) is 0 Å². The smallest absolute Gasteiger partial charge is 0.410 e. The van der Waals surface area contributed by atoms with Crippen molar-refractivity contribution in [1.29, 1.82) is 0 Å². The van der Waals surface area contributed by atoms with Gasteiger partial charge in [-0.3, -0.25) is 0 Å². The van der Waals surface area contributed by atoms with Crippen molar-refractivity contribution in [1.82, 2.24) is 9.88 Å². The van der Waals surface area contributed by atoms with Crippen LogP contribution in [0.25, 0.3) is 10.9 Å². The fourth-order valence-corrected chi connectivity index (χ4v) is 3.53. The van der Waals surface area contributed by atoms with E-state index in [1.165, 1.54) is 6.07 Å². The number of benzene rings is 1. The van der Waals surface area contributed by atoms with Crippen LogP contribution in [0, 0.1) is 5.82 Å². The molecule has 1 saturated heterocycles. The highest BCUT2D eigenvalue weighted by Gasteiger charge is 2.28. The van der Waals surface area contributed by atoms with E-state index in [2.05, 4.69) is 20.9 Å². The Morgan fingerprint density at radius 2 is 1.96 bits per heavy atom. The van der Waals surface area contributed by atoms with E-state index in [0.29, 0.717) is 24.4 Å². The van der Waals surface area contributed by atoms with Gasteiger partial charge in [-0.05, 0) is 51.8 Å². The minimum atomic E-state index is -0.476. The van der Waals surface area contributed by atoms with E-state index in [1.54, 1.807) is 4.90 Å². The van der Waals surface area contributed by atoms with Crippen LogP contribution < -0.4 is 0 Å². The SMILES string of the molecule is CC(C)(C)OC(=O)N1CCC(c2cc3c(F)cc(Br)cc3[nH]2)CC1. The average molecular weight is 397 g/mol. The predicted octanol–water partition coefficient (Wildman–Crippen LogP) is 5.18. The molecule has 2 heterocycles. The van der Waals surface area contributed by atoms with Gasteiger partial charge in [-0.25, -0.2) is 9.18 Å². The summed E-state index contributed by atoms with van der Waals surface area (Å²) in [6.07, 6.45) is 1.43. The third-order valence-electron chi connectivity index (χ3n) is 4.26. The van der Waals surface area contributed by atoms with Gasteiger partial charge in [0.25, 0.3) is 0 Å². The average Bonchev–Trinajstić information content (AvgIpc) is 2.90. The number of carbonyl (C=O) groups excluding carboxylic acids is 1. The summed E-state index contributed by atoms with van der Waals surface area (Å²) in [7, 11) is 0. The Hall–Kier alpha value is -1.56. The molecule has 1 aliphatic heterocycles. The van der Waals surface area contributed by atoms with Gasteiger partial charge in [-0.1, -0.05) is 15.9 Å². The minimum Gasteiger partial charge on any atom is -0.444 e. The number of carbonyl (C=O) groups is 1. The van der Waals surface area contributed by atoms with Crippen molar-refractivity contribution in [2.24, 2.45) is 0 Å². The van der Waals surface area contributed by atoms with Crippen LogP contribution in [0.2, 0.25) is 0 Å². The second-order valence-electron chi connectivity index (χ2n) is 7.32. The third kappa shape index (κ3) is 3.74. The van der Waals surface area contributed by atoms with Gasteiger partial charge >= 0.3 is 6.09 Å². The highest BCUT2D eigenvalue weighted by atomic mass is 79.9. The number of hydrogen-bond donors (Lipinski definition) is 1. The Balaban J connectivity index is 1.69. The van der Waals surface area contributed by atoms with E-state index in [-0.39, 0.29) is 11.9 Å². The molecule has 1 N–H and O–H groups in total. The molecular weight excluding hydrogens is 375 g/mol. The van der Waals surface area contributed by atoms with E-state index >= 15 is 0 Å². The number of fused-ring (bicyclic) bond motifs is 1. The highest BCUT2D eigenvalue weighted by molar-refractivity contribution is 9.10. The molecule has 4 nitrogen and oxygen atoms in total. The molecule has 1 aromatic heterocycles. The zero-order valence-electron chi connectivity index (χ0n) is 14.2. The number of piperidine rings is 1. The van der Waals surface area contributed by atoms with Crippen LogP contribution in [-0.2, 0) is 4.74 Å². The summed E-state index contributed by atoms with van der Waals surface area (Å²) in [6.45, 7) is 6.92. The molecule has 1 aromatic carbocycles. The third-order valence-corrected chi connectivity index (χ3v) is 4.72. The van der Waals surface area contributed by atoms with Crippen LogP contribution in [-0.4, -0.2) is 34.7 Å². The van der Waals surface area contributed by atoms with E-state index in [1.807, 2.05) is 32.9 Å². The molecule has 0 bridgehead atoms. The molecule has 6 heteroatoms. The van der Waals surface area contributed by atoms with Crippen LogP contribution in [0.4, 0.5) is 9.18 Å². The predicted molar refractivity (Wildman–Crippen MR) is 95.7 cm³/mol. The van der Waals surface area contributed by atoms with Crippen molar-refractivity contribution in [3.05, 3.63) is 34.2 Å². The lowest BCUT2D eigenvalue weighted by Crippen LogP contribution is -2.41. The Morgan fingerprint density at radius 1 is 1.29 bits per heavy atom. The van der Waals surface area contributed by atoms with E-state index < -0.39 is 5.60 Å². The largest absolute Gasteiger partial charge is 0.444 e. The van der Waals surface area contributed by atoms with Crippen LogP contribution in [0.15, 0.2) is 22.7 Å². The number of amides is 1. The first kappa shape index (κ1) is 17.3. The first-order valence-corrected chi connectivity index (χ1v) is 8.98. The number of hydrogen-bond acceptors (Lipinski definition) is 2. The molecule has 2 aromatic rings. The maximum absolute atomic E-state index is 14.0. The van der Waals surface area contributed by atoms with Crippen LogP contribution in [0.1, 0.15) is 45.2 Å². The molecule has 0 atom stereocenters. The maximum Gasteiger partial charge on any atom is 0.410 e. The molecular formula is C18H22BrFN2O2. The number of likely N-dealkylation sites (tertiary alicyclic amines) is 1. The first-order chi connectivity index (χ1) is 11.2. The van der Waals surface area contributed by atoms with Crippen LogP contribution in [0.3, 0.4) is 0 Å². The molecule has 24 heavy (non-hydrogen) atoms. The lowest BCUT2D eigenvalue weighted by molar-refractivity contribution is 0.0204. The number of nitrogens with one attached hydrogen (secondary N) is 1. The Morgan fingerprint density at radius 3 is 2.58 bits per heavy atom. The Kier molecular flexibility index (Phi) is 4.60. The summed E-state index contributed by atoms with van der Waals surface area (Å²) in [5, 5.41) is 0.614. The monoisotopic (exact) mass is 396 g/mol. The summed E-state index contributed by atoms with van der Waals surface area (Å²) < 4.78 is 20.2. The van der Waals surface area contributed by atoms with E-state index in [4.69, 9.17) is 4.74 Å². The van der Waals surface area contributed by atoms with E-state index in [9.17, 15) is 9.18 Å². The number of H-pyrrole nitrogens is 1. The summed E-state index contributed by atoms with van der Waals surface area (Å²) in [5.41, 5.74) is 1.35. The lowest BCUT2D eigenvalue weighted by Gasteiger charge is -2.33. The number of nitrogens with zero attached hydrogens (tertiary/aromatic N) is 1. The van der Waals surface area contributed by atoms with Gasteiger partial charge in [-0.2, -0.15) is 0 Å². The van der Waals surface area contributed by atoms with E-state index in [0.717, 1.165) is 28.5 Å². The highest BCUT2D eigenvalue weighted by Crippen LogP contribution is 2.32. The van der Waals surface area contributed by atoms with Gasteiger partial charge in [0.05, 0.1) is 0 Å². The first-order valence-electron chi connectivity index (χ1n) is 8.18. The zero-order chi connectivity index (χ0) is 17.5.